The molecule has 0 radical (unpaired) electrons. The second-order valence-corrected chi connectivity index (χ2v) is 6.28. The molecule has 0 spiro atoms. The molecule has 5 nitrogen and oxygen atoms in total. The predicted molar refractivity (Wildman–Crippen MR) is 89.9 cm³/mol. The van der Waals surface area contributed by atoms with Gasteiger partial charge in [-0.2, -0.15) is 0 Å². The van der Waals surface area contributed by atoms with Crippen LogP contribution in [-0.2, 0) is 4.79 Å². The van der Waals surface area contributed by atoms with E-state index in [4.69, 9.17) is 5.73 Å². The number of benzene rings is 1. The zero-order valence-electron chi connectivity index (χ0n) is 14.1. The van der Waals surface area contributed by atoms with E-state index in [1.807, 2.05) is 27.7 Å². The van der Waals surface area contributed by atoms with Crippen LogP contribution in [0.3, 0.4) is 0 Å². The summed E-state index contributed by atoms with van der Waals surface area (Å²) in [6.07, 6.45) is 1.46. The number of nitrogens with two attached hydrogens (primary N) is 1. The topological polar surface area (TPSA) is 84.2 Å². The SMILES string of the molecule is CCCC(C)(N)C(=O)Nc1ccc(C(=O)NC(C)C)c(C)c1. The van der Waals surface area contributed by atoms with E-state index in [9.17, 15) is 9.59 Å². The molecule has 2 amide bonds. The van der Waals surface area contributed by atoms with E-state index in [1.54, 1.807) is 25.1 Å². The Kier molecular flexibility index (Phi) is 6.11. The van der Waals surface area contributed by atoms with Crippen molar-refractivity contribution < 1.29 is 9.59 Å². The summed E-state index contributed by atoms with van der Waals surface area (Å²) >= 11 is 0. The summed E-state index contributed by atoms with van der Waals surface area (Å²) in [5.74, 6) is -0.326. The zero-order chi connectivity index (χ0) is 16.9. The summed E-state index contributed by atoms with van der Waals surface area (Å²) in [5.41, 5.74) is 7.19. The van der Waals surface area contributed by atoms with Gasteiger partial charge in [0.1, 0.15) is 0 Å². The van der Waals surface area contributed by atoms with Gasteiger partial charge in [-0.15, -0.1) is 0 Å². The quantitative estimate of drug-likeness (QED) is 0.755. The van der Waals surface area contributed by atoms with Gasteiger partial charge in [0.05, 0.1) is 5.54 Å². The van der Waals surface area contributed by atoms with Crippen molar-refractivity contribution in [2.24, 2.45) is 5.73 Å². The van der Waals surface area contributed by atoms with Crippen LogP contribution in [0, 0.1) is 6.92 Å². The minimum absolute atomic E-state index is 0.0817. The molecule has 0 saturated heterocycles. The van der Waals surface area contributed by atoms with Gasteiger partial charge < -0.3 is 16.4 Å². The lowest BCUT2D eigenvalue weighted by Gasteiger charge is -2.23. The van der Waals surface area contributed by atoms with Gasteiger partial charge in [0, 0.05) is 17.3 Å². The fraction of sp³-hybridized carbons (Fsp3) is 0.529. The minimum atomic E-state index is -0.893. The van der Waals surface area contributed by atoms with E-state index in [1.165, 1.54) is 0 Å². The monoisotopic (exact) mass is 305 g/mol. The number of carbonyl (C=O) groups excluding carboxylic acids is 2. The number of amides is 2. The fourth-order valence-corrected chi connectivity index (χ4v) is 2.24. The second kappa shape index (κ2) is 7.40. The molecule has 122 valence electrons. The van der Waals surface area contributed by atoms with Crippen LogP contribution in [0.15, 0.2) is 18.2 Å². The first-order chi connectivity index (χ1) is 10.2. The Bertz CT molecular complexity index is 551. The molecule has 0 heterocycles. The molecule has 0 aliphatic heterocycles. The Morgan fingerprint density at radius 3 is 2.45 bits per heavy atom. The van der Waals surface area contributed by atoms with Crippen LogP contribution in [0.25, 0.3) is 0 Å². The molecular weight excluding hydrogens is 278 g/mol. The highest BCUT2D eigenvalue weighted by molar-refractivity contribution is 5.99. The van der Waals surface area contributed by atoms with Crippen molar-refractivity contribution in [3.63, 3.8) is 0 Å². The smallest absolute Gasteiger partial charge is 0.251 e. The van der Waals surface area contributed by atoms with Gasteiger partial charge in [-0.1, -0.05) is 13.3 Å². The number of rotatable bonds is 6. The number of carbonyl (C=O) groups is 2. The molecule has 1 atom stereocenters. The standard InChI is InChI=1S/C17H27N3O2/c1-6-9-17(5,18)16(22)20-13-7-8-14(12(4)10-13)15(21)19-11(2)3/h7-8,10-11H,6,9,18H2,1-5H3,(H,19,21)(H,20,22). The predicted octanol–water partition coefficient (Wildman–Crippen LogP) is 2.59. The summed E-state index contributed by atoms with van der Waals surface area (Å²) in [5, 5.41) is 5.67. The van der Waals surface area contributed by atoms with Gasteiger partial charge >= 0.3 is 0 Å². The maximum Gasteiger partial charge on any atom is 0.251 e. The van der Waals surface area contributed by atoms with Crippen molar-refractivity contribution in [2.75, 3.05) is 5.32 Å². The van der Waals surface area contributed by atoms with Crippen LogP contribution in [0.2, 0.25) is 0 Å². The Morgan fingerprint density at radius 1 is 1.32 bits per heavy atom. The van der Waals surface area contributed by atoms with Crippen LogP contribution in [0.4, 0.5) is 5.69 Å². The van der Waals surface area contributed by atoms with E-state index in [0.29, 0.717) is 17.7 Å². The summed E-state index contributed by atoms with van der Waals surface area (Å²) in [7, 11) is 0. The van der Waals surface area contributed by atoms with Gasteiger partial charge in [0.2, 0.25) is 5.91 Å². The number of hydrogen-bond donors (Lipinski definition) is 3. The molecule has 0 aliphatic carbocycles. The maximum absolute atomic E-state index is 12.2. The van der Waals surface area contributed by atoms with Crippen molar-refractivity contribution in [2.45, 2.75) is 59.0 Å². The molecule has 0 saturated carbocycles. The highest BCUT2D eigenvalue weighted by atomic mass is 16.2. The minimum Gasteiger partial charge on any atom is -0.350 e. The van der Waals surface area contributed by atoms with Crippen LogP contribution < -0.4 is 16.4 Å². The van der Waals surface area contributed by atoms with Gasteiger partial charge in [-0.3, -0.25) is 9.59 Å². The van der Waals surface area contributed by atoms with Crippen LogP contribution >= 0.6 is 0 Å². The largest absolute Gasteiger partial charge is 0.350 e. The third-order valence-corrected chi connectivity index (χ3v) is 3.44. The maximum atomic E-state index is 12.2. The lowest BCUT2D eigenvalue weighted by molar-refractivity contribution is -0.120. The molecule has 1 aromatic rings. The van der Waals surface area contributed by atoms with Crippen molar-refractivity contribution in [3.8, 4) is 0 Å². The van der Waals surface area contributed by atoms with Gasteiger partial charge in [-0.05, 0) is 57.9 Å². The molecule has 4 N–H and O–H groups in total. The molecule has 1 aromatic carbocycles. The van der Waals surface area contributed by atoms with Crippen LogP contribution in [-0.4, -0.2) is 23.4 Å². The van der Waals surface area contributed by atoms with E-state index in [2.05, 4.69) is 10.6 Å². The lowest BCUT2D eigenvalue weighted by Crippen LogP contribution is -2.48. The first-order valence-electron chi connectivity index (χ1n) is 7.69. The van der Waals surface area contributed by atoms with Gasteiger partial charge in [-0.25, -0.2) is 0 Å². The second-order valence-electron chi connectivity index (χ2n) is 6.28. The summed E-state index contributed by atoms with van der Waals surface area (Å²) < 4.78 is 0. The van der Waals surface area contributed by atoms with Crippen molar-refractivity contribution >= 4 is 17.5 Å². The number of nitrogens with one attached hydrogen (secondary N) is 2. The van der Waals surface area contributed by atoms with E-state index in [0.717, 1.165) is 12.0 Å². The molecule has 0 bridgehead atoms. The number of aryl methyl sites for hydroxylation is 1. The summed E-state index contributed by atoms with van der Waals surface area (Å²) in [6.45, 7) is 9.39. The molecule has 5 heteroatoms. The zero-order valence-corrected chi connectivity index (χ0v) is 14.1. The molecule has 22 heavy (non-hydrogen) atoms. The molecule has 1 unspecified atom stereocenters. The third kappa shape index (κ3) is 4.84. The molecule has 0 aliphatic rings. The average molecular weight is 305 g/mol. The van der Waals surface area contributed by atoms with E-state index >= 15 is 0 Å². The highest BCUT2D eigenvalue weighted by Gasteiger charge is 2.27. The van der Waals surface area contributed by atoms with Crippen LogP contribution in [0.1, 0.15) is 56.5 Å². The molecule has 0 aromatic heterocycles. The van der Waals surface area contributed by atoms with Crippen molar-refractivity contribution in [1.29, 1.82) is 0 Å². The summed E-state index contributed by atoms with van der Waals surface area (Å²) in [6, 6.07) is 5.31. The molecular formula is C17H27N3O2. The Hall–Kier alpha value is -1.88. The lowest BCUT2D eigenvalue weighted by atomic mass is 9.96. The fourth-order valence-electron chi connectivity index (χ4n) is 2.24. The highest BCUT2D eigenvalue weighted by Crippen LogP contribution is 2.18. The third-order valence-electron chi connectivity index (χ3n) is 3.44. The first kappa shape index (κ1) is 18.2. The summed E-state index contributed by atoms with van der Waals surface area (Å²) in [4.78, 5) is 24.2. The Labute approximate surface area is 132 Å². The average Bonchev–Trinajstić information content (AvgIpc) is 2.37. The van der Waals surface area contributed by atoms with Crippen molar-refractivity contribution in [3.05, 3.63) is 29.3 Å². The van der Waals surface area contributed by atoms with Gasteiger partial charge in [0.15, 0.2) is 0 Å². The number of hydrogen-bond acceptors (Lipinski definition) is 3. The Morgan fingerprint density at radius 2 is 1.95 bits per heavy atom. The van der Waals surface area contributed by atoms with E-state index in [-0.39, 0.29) is 17.9 Å². The number of anilines is 1. The normalized spacial score (nSPS) is 13.6. The van der Waals surface area contributed by atoms with Crippen LogP contribution in [0.5, 0.6) is 0 Å². The first-order valence-corrected chi connectivity index (χ1v) is 7.69. The molecule has 0 fully saturated rings. The van der Waals surface area contributed by atoms with Gasteiger partial charge in [0.25, 0.3) is 5.91 Å². The van der Waals surface area contributed by atoms with Crippen molar-refractivity contribution in [1.82, 2.24) is 5.32 Å². The van der Waals surface area contributed by atoms with E-state index < -0.39 is 5.54 Å². The Balaban J connectivity index is 2.86. The molecule has 1 rings (SSSR count).